The first-order valence-corrected chi connectivity index (χ1v) is 5.73. The van der Waals surface area contributed by atoms with Crippen molar-refractivity contribution in [2.75, 3.05) is 0 Å². The van der Waals surface area contributed by atoms with Gasteiger partial charge < -0.3 is 10.2 Å². The molecule has 0 aliphatic rings. The van der Waals surface area contributed by atoms with Crippen molar-refractivity contribution in [2.45, 2.75) is 19.8 Å². The first-order chi connectivity index (χ1) is 9.25. The van der Waals surface area contributed by atoms with Crippen LogP contribution < -0.4 is 0 Å². The van der Waals surface area contributed by atoms with Crippen LogP contribution in [0.25, 0.3) is 0 Å². The molecule has 2 aromatic carbocycles. The predicted octanol–water partition coefficient (Wildman–Crippen LogP) is 3.25. The summed E-state index contributed by atoms with van der Waals surface area (Å²) in [6, 6.07) is 13.3. The number of phenolic OH excluding ortho intramolecular Hbond substituents is 2. The molecule has 0 atom stereocenters. The number of hydrogen-bond donors (Lipinski definition) is 2. The summed E-state index contributed by atoms with van der Waals surface area (Å²) < 4.78 is 13.9. The highest BCUT2D eigenvalue weighted by molar-refractivity contribution is 5.38. The second kappa shape index (κ2) is 4.91. The van der Waals surface area contributed by atoms with Crippen molar-refractivity contribution in [3.8, 4) is 11.5 Å². The molecule has 2 heteroatoms. The highest BCUT2D eigenvalue weighted by Crippen LogP contribution is 2.20. The summed E-state index contributed by atoms with van der Waals surface area (Å²) >= 11 is 0. The van der Waals surface area contributed by atoms with E-state index in [4.69, 9.17) is 2.86 Å². The van der Waals surface area contributed by atoms with Crippen LogP contribution in [0.5, 0.6) is 11.5 Å². The fourth-order valence-electron chi connectivity index (χ4n) is 1.93. The van der Waals surface area contributed by atoms with Crippen molar-refractivity contribution < 1.29 is 10.2 Å². The summed E-state index contributed by atoms with van der Waals surface area (Å²) in [6.07, 6.45) is 1.63. The minimum Gasteiger partial charge on any atom is -0.508 e. The molecule has 0 heterocycles. The van der Waals surface area contributed by atoms with Gasteiger partial charge in [-0.2, -0.15) is 0 Å². The van der Waals surface area contributed by atoms with E-state index in [0.29, 0.717) is 11.5 Å². The SMILES string of the molecule is [2H]Oc1cccc(Cc2cc(CC)cc(O[2H])c2)c1. The van der Waals surface area contributed by atoms with Crippen LogP contribution in [-0.2, 0) is 12.8 Å². The number of rotatable bonds is 5. The van der Waals surface area contributed by atoms with Gasteiger partial charge in [-0.15, -0.1) is 0 Å². The predicted molar refractivity (Wildman–Crippen MR) is 68.4 cm³/mol. The van der Waals surface area contributed by atoms with E-state index < -0.39 is 0 Å². The minimum absolute atomic E-state index is 0.529. The molecule has 0 aromatic heterocycles. The van der Waals surface area contributed by atoms with Crippen LogP contribution in [0.15, 0.2) is 42.5 Å². The summed E-state index contributed by atoms with van der Waals surface area (Å²) in [5.41, 5.74) is 3.30. The van der Waals surface area contributed by atoms with E-state index in [1.807, 2.05) is 30.3 Å². The fourth-order valence-corrected chi connectivity index (χ4v) is 1.93. The Balaban J connectivity index is 2.26. The van der Waals surface area contributed by atoms with Gasteiger partial charge in [-0.1, -0.05) is 25.1 Å². The fraction of sp³-hybridized carbons (Fsp3) is 0.200. The van der Waals surface area contributed by atoms with Gasteiger partial charge in [-0.3, -0.25) is 0 Å². The molecule has 0 aliphatic heterocycles. The van der Waals surface area contributed by atoms with Gasteiger partial charge in [0.25, 0.3) is 2.86 Å². The number of aromatic hydroxyl groups is 2. The Morgan fingerprint density at radius 1 is 0.941 bits per heavy atom. The second-order valence-corrected chi connectivity index (χ2v) is 4.16. The number of aryl methyl sites for hydroxylation is 1. The smallest absolute Gasteiger partial charge is 0.293 e. The first kappa shape index (κ1) is 9.11. The molecule has 2 rings (SSSR count). The zero-order valence-electron chi connectivity index (χ0n) is 11.8. The summed E-state index contributed by atoms with van der Waals surface area (Å²) in [5, 5.41) is 9.05. The Bertz CT molecular complexity index is 533. The number of phenols is 2. The van der Waals surface area contributed by atoms with Crippen LogP contribution in [0, 0.1) is 0 Å². The molecule has 0 saturated carbocycles. The van der Waals surface area contributed by atoms with Crippen molar-refractivity contribution in [1.29, 1.82) is 2.86 Å². The molecule has 2 N–H and O–H groups in total. The van der Waals surface area contributed by atoms with Gasteiger partial charge in [0.05, 0.1) is 0 Å². The molecule has 0 amide bonds. The zero-order valence-corrected chi connectivity index (χ0v) is 9.77. The molecule has 2 aromatic rings. The van der Waals surface area contributed by atoms with Gasteiger partial charge in [0.1, 0.15) is 11.5 Å². The monoisotopic (exact) mass is 230 g/mol. The molecule has 2 nitrogen and oxygen atoms in total. The lowest BCUT2D eigenvalue weighted by Crippen LogP contribution is -1.90. The lowest BCUT2D eigenvalue weighted by molar-refractivity contribution is 0.474. The third-order valence-corrected chi connectivity index (χ3v) is 2.74. The molecule has 0 unspecified atom stereocenters. The lowest BCUT2D eigenvalue weighted by atomic mass is 10.0. The topological polar surface area (TPSA) is 40.5 Å². The maximum absolute atomic E-state index is 7.01. The molecule has 0 bridgehead atoms. The van der Waals surface area contributed by atoms with Gasteiger partial charge in [0.2, 0.25) is 0 Å². The largest absolute Gasteiger partial charge is 0.508 e. The van der Waals surface area contributed by atoms with E-state index in [9.17, 15) is 0 Å². The highest BCUT2D eigenvalue weighted by atomic mass is 16.3. The van der Waals surface area contributed by atoms with Crippen LogP contribution in [0.4, 0.5) is 0 Å². The normalized spacial score (nSPS) is 11.6. The van der Waals surface area contributed by atoms with E-state index in [-0.39, 0.29) is 0 Å². The highest BCUT2D eigenvalue weighted by Gasteiger charge is 2.01. The quantitative estimate of drug-likeness (QED) is 0.827. The van der Waals surface area contributed by atoms with Crippen LogP contribution in [-0.4, -0.2) is 13.1 Å². The standard InChI is InChI=1S/C15H16O2/c1-2-11-6-13(10-15(17)8-11)7-12-4-3-5-14(16)9-12/h3-6,8-10,16-17H,2,7H2,1H3/i/hD2. The van der Waals surface area contributed by atoms with Crippen LogP contribution in [0.1, 0.15) is 23.6 Å². The average molecular weight is 230 g/mol. The third-order valence-electron chi connectivity index (χ3n) is 2.74. The first-order valence-electron chi connectivity index (χ1n) is 6.55. The third kappa shape index (κ3) is 3.00. The molecule has 88 valence electrons. The van der Waals surface area contributed by atoms with E-state index in [1.165, 1.54) is 0 Å². The van der Waals surface area contributed by atoms with Crippen LogP contribution in [0.2, 0.25) is 0 Å². The van der Waals surface area contributed by atoms with Gasteiger partial charge in [0.15, 0.2) is 0 Å². The molecule has 17 heavy (non-hydrogen) atoms. The van der Waals surface area contributed by atoms with Crippen molar-refractivity contribution >= 4 is 0 Å². The molecule has 0 radical (unpaired) electrons. The summed E-state index contributed by atoms with van der Waals surface area (Å²) in [6.45, 7) is 2.07. The molecular formula is C15H16O2. The zero-order chi connectivity index (χ0) is 13.7. The Morgan fingerprint density at radius 3 is 2.47 bits per heavy atom. The Kier molecular flexibility index (Phi) is 2.63. The second-order valence-electron chi connectivity index (χ2n) is 4.16. The Labute approximate surface area is 104 Å². The van der Waals surface area contributed by atoms with Gasteiger partial charge >= 0.3 is 0 Å². The molecular weight excluding hydrogens is 212 g/mol. The number of hydrogen-bond acceptors (Lipinski definition) is 2. The maximum atomic E-state index is 7.01. The molecule has 0 fully saturated rings. The average Bonchev–Trinajstić information content (AvgIpc) is 2.47. The Morgan fingerprint density at radius 2 is 1.71 bits per heavy atom. The van der Waals surface area contributed by atoms with E-state index in [1.54, 1.807) is 6.07 Å². The lowest BCUT2D eigenvalue weighted by Gasteiger charge is -2.06. The van der Waals surface area contributed by atoms with E-state index in [0.717, 1.165) is 29.5 Å². The summed E-state index contributed by atoms with van der Waals surface area (Å²) in [7, 11) is 0. The van der Waals surface area contributed by atoms with E-state index in [2.05, 4.69) is 23.2 Å². The number of benzene rings is 2. The van der Waals surface area contributed by atoms with Crippen molar-refractivity contribution in [3.63, 3.8) is 0 Å². The van der Waals surface area contributed by atoms with Crippen molar-refractivity contribution in [2.24, 2.45) is 0 Å². The summed E-state index contributed by atoms with van der Waals surface area (Å²) in [4.78, 5) is 0. The minimum atomic E-state index is 0.529. The van der Waals surface area contributed by atoms with Crippen LogP contribution >= 0.6 is 0 Å². The summed E-state index contributed by atoms with van der Waals surface area (Å²) in [5.74, 6) is 1.09. The van der Waals surface area contributed by atoms with E-state index >= 15 is 0 Å². The van der Waals surface area contributed by atoms with Crippen molar-refractivity contribution in [1.82, 2.24) is 0 Å². The van der Waals surface area contributed by atoms with Gasteiger partial charge in [-0.05, 0) is 53.8 Å². The van der Waals surface area contributed by atoms with Crippen molar-refractivity contribution in [3.05, 3.63) is 59.2 Å². The molecule has 0 saturated heterocycles. The Hall–Kier alpha value is -1.96. The maximum Gasteiger partial charge on any atom is 0.293 e. The molecule has 0 spiro atoms. The van der Waals surface area contributed by atoms with Gasteiger partial charge in [-0.25, -0.2) is 0 Å². The molecule has 0 aliphatic carbocycles. The van der Waals surface area contributed by atoms with Gasteiger partial charge in [0, 0.05) is 0 Å². The van der Waals surface area contributed by atoms with Crippen LogP contribution in [0.3, 0.4) is 0 Å².